The van der Waals surface area contributed by atoms with Crippen molar-refractivity contribution in [2.45, 2.75) is 26.5 Å². The molecule has 0 aliphatic carbocycles. The van der Waals surface area contributed by atoms with E-state index in [1.54, 1.807) is 12.1 Å². The Morgan fingerprint density at radius 2 is 2.00 bits per heavy atom. The third kappa shape index (κ3) is 4.55. The lowest BCUT2D eigenvalue weighted by molar-refractivity contribution is 0.242. The summed E-state index contributed by atoms with van der Waals surface area (Å²) >= 11 is 9.58. The van der Waals surface area contributed by atoms with Gasteiger partial charge in [0.2, 0.25) is 0 Å². The molecule has 21 heavy (non-hydrogen) atoms. The first-order valence-corrected chi connectivity index (χ1v) is 7.80. The van der Waals surface area contributed by atoms with E-state index in [9.17, 15) is 5.11 Å². The minimum absolute atomic E-state index is 0.0833. The second kappa shape index (κ2) is 7.05. The number of phenols is 1. The van der Waals surface area contributed by atoms with Crippen molar-refractivity contribution in [2.24, 2.45) is 0 Å². The number of nitrogens with one attached hydrogen (secondary N) is 1. The highest BCUT2D eigenvalue weighted by Crippen LogP contribution is 2.29. The average molecular weight is 371 g/mol. The maximum atomic E-state index is 9.80. The van der Waals surface area contributed by atoms with Gasteiger partial charge in [0, 0.05) is 22.3 Å². The van der Waals surface area contributed by atoms with Crippen LogP contribution in [0.15, 0.2) is 40.9 Å². The van der Waals surface area contributed by atoms with Crippen LogP contribution in [0.5, 0.6) is 11.5 Å². The molecule has 0 fully saturated rings. The quantitative estimate of drug-likeness (QED) is 0.759. The lowest BCUT2D eigenvalue weighted by Crippen LogP contribution is -2.06. The summed E-state index contributed by atoms with van der Waals surface area (Å²) in [5.41, 5.74) is 1.68. The molecule has 2 aromatic rings. The number of hydrogen-bond donors (Lipinski definition) is 2. The van der Waals surface area contributed by atoms with Crippen molar-refractivity contribution in [2.75, 3.05) is 5.32 Å². The molecule has 0 heterocycles. The van der Waals surface area contributed by atoms with E-state index < -0.39 is 0 Å². The van der Waals surface area contributed by atoms with Crippen LogP contribution in [0.25, 0.3) is 0 Å². The van der Waals surface area contributed by atoms with Gasteiger partial charge in [-0.05, 0) is 50.2 Å². The molecule has 0 saturated heterocycles. The lowest BCUT2D eigenvalue weighted by atomic mass is 10.2. The van der Waals surface area contributed by atoms with Crippen molar-refractivity contribution >= 4 is 33.2 Å². The first-order chi connectivity index (χ1) is 9.95. The fourth-order valence-electron chi connectivity index (χ4n) is 1.85. The molecule has 112 valence electrons. The second-order valence-corrected chi connectivity index (χ2v) is 6.26. The maximum absolute atomic E-state index is 9.80. The first-order valence-electron chi connectivity index (χ1n) is 6.63. The first kappa shape index (κ1) is 16.0. The van der Waals surface area contributed by atoms with Gasteiger partial charge in [-0.2, -0.15) is 0 Å². The molecule has 0 aromatic heterocycles. The number of hydrogen-bond acceptors (Lipinski definition) is 3. The van der Waals surface area contributed by atoms with E-state index in [4.69, 9.17) is 16.3 Å². The summed E-state index contributed by atoms with van der Waals surface area (Å²) in [5, 5.41) is 13.6. The molecule has 0 aliphatic rings. The third-order valence-corrected chi connectivity index (χ3v) is 3.61. The molecule has 0 atom stereocenters. The SMILES string of the molecule is CC(C)Oc1ccc(NCc2cc(Br)ccc2O)cc1Cl. The van der Waals surface area contributed by atoms with E-state index in [0.29, 0.717) is 17.3 Å². The van der Waals surface area contributed by atoms with Gasteiger partial charge in [-0.25, -0.2) is 0 Å². The van der Waals surface area contributed by atoms with Crippen molar-refractivity contribution in [3.05, 3.63) is 51.5 Å². The van der Waals surface area contributed by atoms with Crippen LogP contribution in [0.4, 0.5) is 5.69 Å². The predicted octanol–water partition coefficient (Wildman–Crippen LogP) is 5.21. The summed E-state index contributed by atoms with van der Waals surface area (Å²) in [6, 6.07) is 10.9. The molecule has 2 rings (SSSR count). The monoisotopic (exact) mass is 369 g/mol. The molecule has 2 aromatic carbocycles. The molecular formula is C16H17BrClNO2. The fourth-order valence-corrected chi connectivity index (χ4v) is 2.49. The second-order valence-electron chi connectivity index (χ2n) is 4.94. The van der Waals surface area contributed by atoms with E-state index in [1.807, 2.05) is 38.1 Å². The zero-order valence-electron chi connectivity index (χ0n) is 11.9. The minimum Gasteiger partial charge on any atom is -0.508 e. The van der Waals surface area contributed by atoms with E-state index >= 15 is 0 Å². The lowest BCUT2D eigenvalue weighted by Gasteiger charge is -2.13. The Kier molecular flexibility index (Phi) is 5.37. The zero-order valence-corrected chi connectivity index (χ0v) is 14.2. The standard InChI is InChI=1S/C16H17BrClNO2/c1-10(2)21-16-6-4-13(8-14(16)18)19-9-11-7-12(17)3-5-15(11)20/h3-8,10,19-20H,9H2,1-2H3. The van der Waals surface area contributed by atoms with Gasteiger partial charge in [0.05, 0.1) is 11.1 Å². The van der Waals surface area contributed by atoms with Gasteiger partial charge >= 0.3 is 0 Å². The Hall–Kier alpha value is -1.39. The molecule has 3 nitrogen and oxygen atoms in total. The Morgan fingerprint density at radius 1 is 1.24 bits per heavy atom. The van der Waals surface area contributed by atoms with Crippen LogP contribution in [0.3, 0.4) is 0 Å². The minimum atomic E-state index is 0.0833. The Bertz CT molecular complexity index is 632. The van der Waals surface area contributed by atoms with Crippen molar-refractivity contribution in [3.63, 3.8) is 0 Å². The largest absolute Gasteiger partial charge is 0.508 e. The van der Waals surface area contributed by atoms with E-state index in [2.05, 4.69) is 21.2 Å². The van der Waals surface area contributed by atoms with Crippen LogP contribution in [-0.4, -0.2) is 11.2 Å². The summed E-state index contributed by atoms with van der Waals surface area (Å²) < 4.78 is 6.52. The van der Waals surface area contributed by atoms with Gasteiger partial charge in [0.1, 0.15) is 11.5 Å². The molecule has 0 bridgehead atoms. The summed E-state index contributed by atoms with van der Waals surface area (Å²) in [6.07, 6.45) is 0.0833. The smallest absolute Gasteiger partial charge is 0.138 e. The molecule has 0 saturated carbocycles. The molecule has 0 spiro atoms. The van der Waals surface area contributed by atoms with Crippen molar-refractivity contribution < 1.29 is 9.84 Å². The van der Waals surface area contributed by atoms with E-state index in [1.165, 1.54) is 0 Å². The Balaban J connectivity index is 2.07. The van der Waals surface area contributed by atoms with Crippen molar-refractivity contribution in [3.8, 4) is 11.5 Å². The number of anilines is 1. The number of halogens is 2. The highest BCUT2D eigenvalue weighted by molar-refractivity contribution is 9.10. The van der Waals surface area contributed by atoms with Crippen molar-refractivity contribution in [1.29, 1.82) is 0 Å². The predicted molar refractivity (Wildman–Crippen MR) is 90.3 cm³/mol. The molecule has 0 aliphatic heterocycles. The Labute approximate surface area is 138 Å². The van der Waals surface area contributed by atoms with E-state index in [0.717, 1.165) is 15.7 Å². The topological polar surface area (TPSA) is 41.5 Å². The Morgan fingerprint density at radius 3 is 2.67 bits per heavy atom. The van der Waals surface area contributed by atoms with Crippen LogP contribution in [0, 0.1) is 0 Å². The molecule has 0 amide bonds. The summed E-state index contributed by atoms with van der Waals surface area (Å²) in [4.78, 5) is 0. The van der Waals surface area contributed by atoms with Crippen LogP contribution < -0.4 is 10.1 Å². The van der Waals surface area contributed by atoms with Gasteiger partial charge in [0.15, 0.2) is 0 Å². The number of benzene rings is 2. The normalized spacial score (nSPS) is 10.7. The van der Waals surface area contributed by atoms with Crippen LogP contribution >= 0.6 is 27.5 Å². The number of rotatable bonds is 5. The molecule has 5 heteroatoms. The third-order valence-electron chi connectivity index (χ3n) is 2.82. The molecule has 0 unspecified atom stereocenters. The van der Waals surface area contributed by atoms with Crippen LogP contribution in [0.1, 0.15) is 19.4 Å². The summed E-state index contributed by atoms with van der Waals surface area (Å²) in [6.45, 7) is 4.42. The fraction of sp³-hybridized carbons (Fsp3) is 0.250. The van der Waals surface area contributed by atoms with Gasteiger partial charge in [-0.1, -0.05) is 27.5 Å². The molecule has 0 radical (unpaired) electrons. The number of phenolic OH excluding ortho intramolecular Hbond substituents is 1. The van der Waals surface area contributed by atoms with Crippen LogP contribution in [0.2, 0.25) is 5.02 Å². The molecule has 2 N–H and O–H groups in total. The summed E-state index contributed by atoms with van der Waals surface area (Å²) in [5.74, 6) is 0.930. The number of ether oxygens (including phenoxy) is 1. The maximum Gasteiger partial charge on any atom is 0.138 e. The zero-order chi connectivity index (χ0) is 15.4. The van der Waals surface area contributed by atoms with E-state index in [-0.39, 0.29) is 11.9 Å². The van der Waals surface area contributed by atoms with Gasteiger partial charge in [-0.3, -0.25) is 0 Å². The van der Waals surface area contributed by atoms with Crippen LogP contribution in [-0.2, 0) is 6.54 Å². The highest BCUT2D eigenvalue weighted by atomic mass is 79.9. The van der Waals surface area contributed by atoms with Crippen molar-refractivity contribution in [1.82, 2.24) is 0 Å². The molecular weight excluding hydrogens is 354 g/mol. The number of aromatic hydroxyl groups is 1. The van der Waals surface area contributed by atoms with Gasteiger partial charge in [0.25, 0.3) is 0 Å². The van der Waals surface area contributed by atoms with Gasteiger partial charge in [-0.15, -0.1) is 0 Å². The van der Waals surface area contributed by atoms with Gasteiger partial charge < -0.3 is 15.2 Å². The summed E-state index contributed by atoms with van der Waals surface area (Å²) in [7, 11) is 0. The highest BCUT2D eigenvalue weighted by Gasteiger charge is 2.06. The average Bonchev–Trinajstić information content (AvgIpc) is 2.42.